The molecule has 144 valence electrons. The van der Waals surface area contributed by atoms with Crippen LogP contribution in [0.25, 0.3) is 16.7 Å². The number of para-hydroxylation sites is 1. The minimum Gasteiger partial charge on any atom is -0.506 e. The average Bonchev–Trinajstić information content (AvgIpc) is 2.71. The van der Waals surface area contributed by atoms with E-state index in [0.29, 0.717) is 16.9 Å². The van der Waals surface area contributed by atoms with Gasteiger partial charge in [-0.1, -0.05) is 18.2 Å². The predicted molar refractivity (Wildman–Crippen MR) is 108 cm³/mol. The molecule has 0 aliphatic heterocycles. The number of hydrogen-bond donors (Lipinski definition) is 2. The normalized spacial score (nSPS) is 10.8. The molecule has 0 spiro atoms. The van der Waals surface area contributed by atoms with Crippen molar-refractivity contribution in [1.82, 2.24) is 9.55 Å². The summed E-state index contributed by atoms with van der Waals surface area (Å²) < 4.78 is 14.6. The third-order valence-electron chi connectivity index (χ3n) is 4.59. The number of rotatable bonds is 3. The zero-order valence-corrected chi connectivity index (χ0v) is 15.4. The second-order valence-electron chi connectivity index (χ2n) is 6.49. The van der Waals surface area contributed by atoms with Crippen LogP contribution in [0.1, 0.15) is 15.9 Å². The molecule has 0 saturated heterocycles. The number of aromatic hydroxyl groups is 1. The molecule has 7 heteroatoms. The van der Waals surface area contributed by atoms with E-state index >= 15 is 0 Å². The number of hydrogen-bond acceptors (Lipinski definition) is 4. The summed E-state index contributed by atoms with van der Waals surface area (Å²) in [4.78, 5) is 30.4. The van der Waals surface area contributed by atoms with Crippen LogP contribution in [0.3, 0.4) is 0 Å². The van der Waals surface area contributed by atoms with E-state index in [9.17, 15) is 19.1 Å². The molecule has 1 amide bonds. The van der Waals surface area contributed by atoms with Crippen LogP contribution in [0.4, 0.5) is 10.1 Å². The van der Waals surface area contributed by atoms with Gasteiger partial charge in [0.05, 0.1) is 11.1 Å². The molecule has 0 atom stereocenters. The molecule has 0 bridgehead atoms. The lowest BCUT2D eigenvalue weighted by Gasteiger charge is -2.15. The quantitative estimate of drug-likeness (QED) is 0.558. The van der Waals surface area contributed by atoms with Gasteiger partial charge in [0, 0.05) is 11.9 Å². The monoisotopic (exact) mass is 389 g/mol. The first kappa shape index (κ1) is 18.4. The number of anilines is 1. The summed E-state index contributed by atoms with van der Waals surface area (Å²) in [5.74, 6) is -1.69. The molecule has 4 aromatic rings. The van der Waals surface area contributed by atoms with Crippen LogP contribution in [0.5, 0.6) is 5.75 Å². The Morgan fingerprint density at radius 3 is 2.59 bits per heavy atom. The summed E-state index contributed by atoms with van der Waals surface area (Å²) >= 11 is 0. The number of carbonyl (C=O) groups excluding carboxylic acids is 1. The van der Waals surface area contributed by atoms with Gasteiger partial charge in [-0.05, 0) is 55.0 Å². The zero-order valence-electron chi connectivity index (χ0n) is 15.4. The van der Waals surface area contributed by atoms with Gasteiger partial charge in [0.1, 0.15) is 17.1 Å². The third-order valence-corrected chi connectivity index (χ3v) is 4.59. The van der Waals surface area contributed by atoms with Crippen LogP contribution < -0.4 is 10.9 Å². The number of nitrogens with zero attached hydrogens (tertiary/aromatic N) is 2. The Morgan fingerprint density at radius 2 is 1.86 bits per heavy atom. The smallest absolute Gasteiger partial charge is 0.273 e. The van der Waals surface area contributed by atoms with E-state index in [0.717, 1.165) is 0 Å². The van der Waals surface area contributed by atoms with Crippen molar-refractivity contribution in [2.45, 2.75) is 6.92 Å². The number of amides is 1. The highest BCUT2D eigenvalue weighted by Crippen LogP contribution is 2.27. The van der Waals surface area contributed by atoms with Crippen molar-refractivity contribution in [3.63, 3.8) is 0 Å². The fourth-order valence-electron chi connectivity index (χ4n) is 3.18. The fraction of sp³-hybridized carbons (Fsp3) is 0.0455. The molecule has 0 saturated carbocycles. The number of fused-ring (bicyclic) bond motifs is 1. The molecular formula is C22H16FN3O3. The van der Waals surface area contributed by atoms with Gasteiger partial charge in [0.15, 0.2) is 5.65 Å². The Balaban J connectivity index is 1.93. The predicted octanol–water partition coefficient (Wildman–Crippen LogP) is 3.79. The molecular weight excluding hydrogens is 373 g/mol. The van der Waals surface area contributed by atoms with Crippen LogP contribution >= 0.6 is 0 Å². The molecule has 2 heterocycles. The topological polar surface area (TPSA) is 84.2 Å². The lowest BCUT2D eigenvalue weighted by Crippen LogP contribution is -2.29. The van der Waals surface area contributed by atoms with E-state index < -0.39 is 28.6 Å². The molecule has 4 rings (SSSR count). The van der Waals surface area contributed by atoms with Gasteiger partial charge in [-0.25, -0.2) is 9.37 Å². The minimum atomic E-state index is -0.794. The molecule has 0 aliphatic rings. The first-order valence-electron chi connectivity index (χ1n) is 8.83. The minimum absolute atomic E-state index is 0.232. The fourth-order valence-corrected chi connectivity index (χ4v) is 3.18. The van der Waals surface area contributed by atoms with Crippen LogP contribution in [-0.4, -0.2) is 20.6 Å². The van der Waals surface area contributed by atoms with Gasteiger partial charge in [-0.15, -0.1) is 0 Å². The van der Waals surface area contributed by atoms with E-state index in [1.165, 1.54) is 29.0 Å². The van der Waals surface area contributed by atoms with Gasteiger partial charge in [-0.3, -0.25) is 14.2 Å². The number of benzene rings is 2. The highest BCUT2D eigenvalue weighted by atomic mass is 19.1. The number of halogens is 1. The van der Waals surface area contributed by atoms with E-state index in [1.54, 1.807) is 49.4 Å². The lowest BCUT2D eigenvalue weighted by molar-refractivity contribution is 0.102. The summed E-state index contributed by atoms with van der Waals surface area (Å²) in [6.45, 7) is 1.63. The Labute approximate surface area is 164 Å². The van der Waals surface area contributed by atoms with E-state index in [-0.39, 0.29) is 11.0 Å². The van der Waals surface area contributed by atoms with Crippen LogP contribution in [0, 0.1) is 12.7 Å². The molecule has 2 aromatic heterocycles. The standard InChI is InChI=1S/C22H16FN3O3/c1-13-12-14(23)9-10-17(13)25-21(28)18-19(27)16-8-5-11-24-20(16)26(22(18)29)15-6-3-2-4-7-15/h2-12,27H,1H3,(H,25,28). The summed E-state index contributed by atoms with van der Waals surface area (Å²) in [5, 5.41) is 13.5. The largest absolute Gasteiger partial charge is 0.506 e. The number of aryl methyl sites for hydroxylation is 1. The maximum atomic E-state index is 13.3. The Bertz CT molecular complexity index is 1300. The van der Waals surface area contributed by atoms with Gasteiger partial charge >= 0.3 is 0 Å². The molecule has 29 heavy (non-hydrogen) atoms. The molecule has 2 N–H and O–H groups in total. The third kappa shape index (κ3) is 3.23. The number of aromatic nitrogens is 2. The number of nitrogens with one attached hydrogen (secondary N) is 1. The maximum Gasteiger partial charge on any atom is 0.273 e. The summed E-state index contributed by atoms with van der Waals surface area (Å²) in [7, 11) is 0. The molecule has 0 aliphatic carbocycles. The van der Waals surface area contributed by atoms with Crippen LogP contribution in [0.2, 0.25) is 0 Å². The van der Waals surface area contributed by atoms with E-state index in [1.807, 2.05) is 0 Å². The van der Waals surface area contributed by atoms with Crippen molar-refractivity contribution in [2.75, 3.05) is 5.32 Å². The van der Waals surface area contributed by atoms with Crippen LogP contribution in [-0.2, 0) is 0 Å². The molecule has 0 unspecified atom stereocenters. The van der Waals surface area contributed by atoms with Crippen molar-refractivity contribution >= 4 is 22.6 Å². The number of pyridine rings is 2. The Hall–Kier alpha value is -4.00. The first-order valence-corrected chi connectivity index (χ1v) is 8.83. The Morgan fingerprint density at radius 1 is 1.10 bits per heavy atom. The highest BCUT2D eigenvalue weighted by molar-refractivity contribution is 6.09. The van der Waals surface area contributed by atoms with Gasteiger partial charge < -0.3 is 10.4 Å². The lowest BCUT2D eigenvalue weighted by atomic mass is 10.1. The van der Waals surface area contributed by atoms with Crippen molar-refractivity contribution in [2.24, 2.45) is 0 Å². The average molecular weight is 389 g/mol. The van der Waals surface area contributed by atoms with Crippen molar-refractivity contribution in [3.05, 3.63) is 94.2 Å². The number of carbonyl (C=O) groups is 1. The first-order chi connectivity index (χ1) is 14.0. The van der Waals surface area contributed by atoms with Gasteiger partial charge in [0.2, 0.25) is 0 Å². The second kappa shape index (κ2) is 7.20. The van der Waals surface area contributed by atoms with Crippen molar-refractivity contribution in [3.8, 4) is 11.4 Å². The van der Waals surface area contributed by atoms with Gasteiger partial charge in [0.25, 0.3) is 11.5 Å². The maximum absolute atomic E-state index is 13.3. The van der Waals surface area contributed by atoms with Crippen LogP contribution in [0.15, 0.2) is 71.7 Å². The van der Waals surface area contributed by atoms with E-state index in [4.69, 9.17) is 0 Å². The molecule has 0 fully saturated rings. The van der Waals surface area contributed by atoms with Crippen molar-refractivity contribution in [1.29, 1.82) is 0 Å². The molecule has 0 radical (unpaired) electrons. The summed E-state index contributed by atoms with van der Waals surface area (Å²) in [6, 6.07) is 15.8. The van der Waals surface area contributed by atoms with E-state index in [2.05, 4.69) is 10.3 Å². The molecule has 6 nitrogen and oxygen atoms in total. The van der Waals surface area contributed by atoms with Gasteiger partial charge in [-0.2, -0.15) is 0 Å². The summed E-state index contributed by atoms with van der Waals surface area (Å²) in [6.07, 6.45) is 1.50. The zero-order chi connectivity index (χ0) is 20.5. The second-order valence-corrected chi connectivity index (χ2v) is 6.49. The van der Waals surface area contributed by atoms with Crippen molar-refractivity contribution < 1.29 is 14.3 Å². The Kier molecular flexibility index (Phi) is 4.56. The molecule has 2 aromatic carbocycles. The SMILES string of the molecule is Cc1cc(F)ccc1NC(=O)c1c(O)c2cccnc2n(-c2ccccc2)c1=O. The highest BCUT2D eigenvalue weighted by Gasteiger charge is 2.24. The summed E-state index contributed by atoms with van der Waals surface area (Å²) in [5.41, 5.74) is 0.440.